The first-order chi connectivity index (χ1) is 13.7. The summed E-state index contributed by atoms with van der Waals surface area (Å²) in [5.41, 5.74) is 2.06. The van der Waals surface area contributed by atoms with Gasteiger partial charge in [0, 0.05) is 43.9 Å². The number of amides is 2. The smallest absolute Gasteiger partial charge is 0.321 e. The van der Waals surface area contributed by atoms with E-state index in [1.165, 1.54) is 5.56 Å². The molecule has 0 unspecified atom stereocenters. The summed E-state index contributed by atoms with van der Waals surface area (Å²) in [4.78, 5) is 16.5. The molecular weight excluding hydrogens is 378 g/mol. The monoisotopic (exact) mass is 399 g/mol. The van der Waals surface area contributed by atoms with Crippen LogP contribution in [0.5, 0.6) is 11.5 Å². The fourth-order valence-corrected chi connectivity index (χ4v) is 3.51. The van der Waals surface area contributed by atoms with Gasteiger partial charge in [-0.1, -0.05) is 35.9 Å². The summed E-state index contributed by atoms with van der Waals surface area (Å²) in [6.45, 7) is 4.16. The number of halogens is 1. The number of hydrogen-bond acceptors (Lipinski definition) is 4. The average molecular weight is 400 g/mol. The SMILES string of the molecule is O=C(N/C=C/c1ccccc1Cl)N1CCN(Cc2ccc3c(c2)OCO3)CC1. The number of urea groups is 1. The van der Waals surface area contributed by atoms with Crippen molar-refractivity contribution in [2.45, 2.75) is 6.54 Å². The molecule has 2 heterocycles. The number of fused-ring (bicyclic) bond motifs is 1. The van der Waals surface area contributed by atoms with Gasteiger partial charge in [0.2, 0.25) is 6.79 Å². The quantitative estimate of drug-likeness (QED) is 0.854. The normalized spacial score (nSPS) is 16.5. The van der Waals surface area contributed by atoms with Gasteiger partial charge in [0.25, 0.3) is 0 Å². The van der Waals surface area contributed by atoms with Crippen molar-refractivity contribution in [2.75, 3.05) is 33.0 Å². The van der Waals surface area contributed by atoms with Gasteiger partial charge in [-0.2, -0.15) is 0 Å². The van der Waals surface area contributed by atoms with E-state index in [-0.39, 0.29) is 12.8 Å². The van der Waals surface area contributed by atoms with E-state index >= 15 is 0 Å². The fourth-order valence-electron chi connectivity index (χ4n) is 3.31. The Morgan fingerprint density at radius 3 is 2.68 bits per heavy atom. The maximum absolute atomic E-state index is 12.3. The fraction of sp³-hybridized carbons (Fsp3) is 0.286. The van der Waals surface area contributed by atoms with Crippen molar-refractivity contribution in [1.82, 2.24) is 15.1 Å². The van der Waals surface area contributed by atoms with Crippen LogP contribution in [0.25, 0.3) is 6.08 Å². The van der Waals surface area contributed by atoms with E-state index in [1.807, 2.05) is 41.3 Å². The highest BCUT2D eigenvalue weighted by atomic mass is 35.5. The van der Waals surface area contributed by atoms with Gasteiger partial charge >= 0.3 is 6.03 Å². The summed E-state index contributed by atoms with van der Waals surface area (Å²) >= 11 is 6.11. The molecule has 0 bridgehead atoms. The number of nitrogens with one attached hydrogen (secondary N) is 1. The molecule has 4 rings (SSSR count). The van der Waals surface area contributed by atoms with Crippen LogP contribution in [0.1, 0.15) is 11.1 Å². The van der Waals surface area contributed by atoms with Gasteiger partial charge in [0.15, 0.2) is 11.5 Å². The van der Waals surface area contributed by atoms with Gasteiger partial charge in [0.1, 0.15) is 0 Å². The number of rotatable bonds is 4. The molecule has 0 radical (unpaired) electrons. The molecule has 1 fully saturated rings. The zero-order valence-electron chi connectivity index (χ0n) is 15.4. The number of carbonyl (C=O) groups excluding carboxylic acids is 1. The Bertz CT molecular complexity index is 879. The summed E-state index contributed by atoms with van der Waals surface area (Å²) in [5, 5.41) is 3.48. The number of piperazine rings is 1. The van der Waals surface area contributed by atoms with Crippen LogP contribution in [0.2, 0.25) is 5.02 Å². The van der Waals surface area contributed by atoms with Gasteiger partial charge in [-0.05, 0) is 35.4 Å². The first kappa shape index (κ1) is 18.7. The first-order valence-electron chi connectivity index (χ1n) is 9.26. The predicted octanol–water partition coefficient (Wildman–Crippen LogP) is 3.57. The second kappa shape index (κ2) is 8.54. The van der Waals surface area contributed by atoms with Gasteiger partial charge in [-0.15, -0.1) is 0 Å². The molecule has 2 amide bonds. The molecule has 28 heavy (non-hydrogen) atoms. The van der Waals surface area contributed by atoms with Crippen LogP contribution < -0.4 is 14.8 Å². The molecule has 0 aliphatic carbocycles. The third-order valence-corrected chi connectivity index (χ3v) is 5.22. The molecule has 0 aromatic heterocycles. The molecule has 2 aliphatic rings. The Hall–Kier alpha value is -2.70. The second-order valence-corrected chi connectivity index (χ2v) is 7.16. The number of benzene rings is 2. The van der Waals surface area contributed by atoms with Crippen LogP contribution in [-0.4, -0.2) is 48.8 Å². The lowest BCUT2D eigenvalue weighted by Crippen LogP contribution is -2.50. The molecule has 0 atom stereocenters. The minimum Gasteiger partial charge on any atom is -0.454 e. The maximum atomic E-state index is 12.3. The van der Waals surface area contributed by atoms with Crippen molar-refractivity contribution in [3.8, 4) is 11.5 Å². The van der Waals surface area contributed by atoms with Crippen molar-refractivity contribution in [1.29, 1.82) is 0 Å². The van der Waals surface area contributed by atoms with Crippen molar-refractivity contribution in [2.24, 2.45) is 0 Å². The molecule has 7 heteroatoms. The zero-order valence-corrected chi connectivity index (χ0v) is 16.2. The minimum absolute atomic E-state index is 0.0916. The molecular formula is C21H22ClN3O3. The van der Waals surface area contributed by atoms with Crippen LogP contribution in [0.4, 0.5) is 4.79 Å². The highest BCUT2D eigenvalue weighted by Crippen LogP contribution is 2.32. The van der Waals surface area contributed by atoms with Crippen LogP contribution in [0.3, 0.4) is 0 Å². The summed E-state index contributed by atoms with van der Waals surface area (Å²) in [6, 6.07) is 13.5. The van der Waals surface area contributed by atoms with E-state index in [0.29, 0.717) is 18.1 Å². The van der Waals surface area contributed by atoms with Crippen LogP contribution in [-0.2, 0) is 6.54 Å². The third kappa shape index (κ3) is 4.40. The predicted molar refractivity (Wildman–Crippen MR) is 108 cm³/mol. The van der Waals surface area contributed by atoms with E-state index in [1.54, 1.807) is 12.3 Å². The standard InChI is InChI=1S/C21H22ClN3O3/c22-18-4-2-1-3-17(18)7-8-23-21(26)25-11-9-24(10-12-25)14-16-5-6-19-20(13-16)28-15-27-19/h1-8,13H,9-12,14-15H2,(H,23,26)/b8-7+. The Morgan fingerprint density at radius 1 is 1.07 bits per heavy atom. The van der Waals surface area contributed by atoms with Crippen molar-refractivity contribution in [3.63, 3.8) is 0 Å². The number of nitrogens with zero attached hydrogens (tertiary/aromatic N) is 2. The van der Waals surface area contributed by atoms with Gasteiger partial charge in [-0.25, -0.2) is 4.79 Å². The lowest BCUT2D eigenvalue weighted by atomic mass is 10.1. The second-order valence-electron chi connectivity index (χ2n) is 6.76. The number of hydrogen-bond donors (Lipinski definition) is 1. The van der Waals surface area contributed by atoms with Crippen LogP contribution in [0, 0.1) is 0 Å². The Morgan fingerprint density at radius 2 is 1.86 bits per heavy atom. The van der Waals surface area contributed by atoms with Gasteiger partial charge in [0.05, 0.1) is 0 Å². The molecule has 146 valence electrons. The highest BCUT2D eigenvalue weighted by molar-refractivity contribution is 6.32. The summed E-state index contributed by atoms with van der Waals surface area (Å²) in [5.74, 6) is 1.61. The largest absolute Gasteiger partial charge is 0.454 e. The molecule has 2 aromatic rings. The van der Waals surface area contributed by atoms with Crippen LogP contribution >= 0.6 is 11.6 Å². The lowest BCUT2D eigenvalue weighted by Gasteiger charge is -2.34. The van der Waals surface area contributed by atoms with Crippen molar-refractivity contribution >= 4 is 23.7 Å². The van der Waals surface area contributed by atoms with Crippen LogP contribution in [0.15, 0.2) is 48.7 Å². The Kier molecular flexibility index (Phi) is 5.69. The van der Waals surface area contributed by atoms with E-state index in [0.717, 1.165) is 36.7 Å². The zero-order chi connectivity index (χ0) is 19.3. The molecule has 0 spiro atoms. The number of ether oxygens (including phenoxy) is 2. The Labute approximate surface area is 169 Å². The summed E-state index contributed by atoms with van der Waals surface area (Å²) < 4.78 is 10.8. The first-order valence-corrected chi connectivity index (χ1v) is 9.64. The van der Waals surface area contributed by atoms with E-state index < -0.39 is 0 Å². The molecule has 1 saturated heterocycles. The Balaban J connectivity index is 1.24. The topological polar surface area (TPSA) is 54.0 Å². The summed E-state index contributed by atoms with van der Waals surface area (Å²) in [6.07, 6.45) is 3.44. The van der Waals surface area contributed by atoms with Gasteiger partial charge in [-0.3, -0.25) is 4.90 Å². The molecule has 2 aliphatic heterocycles. The highest BCUT2D eigenvalue weighted by Gasteiger charge is 2.21. The van der Waals surface area contributed by atoms with Crippen molar-refractivity contribution in [3.05, 3.63) is 64.8 Å². The van der Waals surface area contributed by atoms with E-state index in [9.17, 15) is 4.79 Å². The lowest BCUT2D eigenvalue weighted by molar-refractivity contribution is 0.137. The molecule has 6 nitrogen and oxygen atoms in total. The van der Waals surface area contributed by atoms with Gasteiger partial charge < -0.3 is 19.7 Å². The molecule has 1 N–H and O–H groups in total. The average Bonchev–Trinajstić information content (AvgIpc) is 3.18. The molecule has 0 saturated carbocycles. The van der Waals surface area contributed by atoms with E-state index in [4.69, 9.17) is 21.1 Å². The molecule has 2 aromatic carbocycles. The summed E-state index contributed by atoms with van der Waals surface area (Å²) in [7, 11) is 0. The maximum Gasteiger partial charge on any atom is 0.321 e. The number of carbonyl (C=O) groups is 1. The van der Waals surface area contributed by atoms with E-state index in [2.05, 4.69) is 16.3 Å². The van der Waals surface area contributed by atoms with Crippen molar-refractivity contribution < 1.29 is 14.3 Å². The third-order valence-electron chi connectivity index (χ3n) is 4.88. The minimum atomic E-state index is -0.0916.